The van der Waals surface area contributed by atoms with Crippen molar-refractivity contribution in [2.24, 2.45) is 5.92 Å². The first-order valence-electron chi connectivity index (χ1n) is 6.65. The summed E-state index contributed by atoms with van der Waals surface area (Å²) in [4.78, 5) is 14.5. The molecule has 2 aliphatic rings. The molecule has 2 unspecified atom stereocenters. The van der Waals surface area contributed by atoms with Crippen molar-refractivity contribution < 1.29 is 4.79 Å². The average molecular weight is 266 g/mol. The van der Waals surface area contributed by atoms with Crippen molar-refractivity contribution >= 4 is 22.4 Å². The van der Waals surface area contributed by atoms with Crippen LogP contribution in [0.2, 0.25) is 0 Å². The predicted molar refractivity (Wildman–Crippen MR) is 70.3 cm³/mol. The lowest BCUT2D eigenvalue weighted by molar-refractivity contribution is 0.0389. The predicted octanol–water partition coefficient (Wildman–Crippen LogP) is 1.92. The van der Waals surface area contributed by atoms with Crippen molar-refractivity contribution in [2.45, 2.75) is 44.6 Å². The van der Waals surface area contributed by atoms with E-state index in [1.54, 1.807) is 0 Å². The number of nitrogens with zero attached hydrogens (tertiary/aromatic N) is 3. The highest BCUT2D eigenvalue weighted by Gasteiger charge is 2.36. The molecule has 3 rings (SSSR count). The Kier molecular flexibility index (Phi) is 3.20. The van der Waals surface area contributed by atoms with E-state index in [1.807, 2.05) is 4.90 Å². The number of fused-ring (bicyclic) bond motifs is 1. The molecule has 2 heterocycles. The molecule has 1 saturated carbocycles. The Labute approximate surface area is 110 Å². The standard InChI is InChI=1S/C12H18N4OS/c13-12-15-14-10(18-12)11(17)16-7-3-5-8-4-1-2-6-9(8)16/h8-9H,1-7H2,(H2,13,15). The summed E-state index contributed by atoms with van der Waals surface area (Å²) in [7, 11) is 0. The number of carbonyl (C=O) groups excluding carboxylic acids is 1. The molecular weight excluding hydrogens is 248 g/mol. The number of nitrogen functional groups attached to an aromatic ring is 1. The Hall–Kier alpha value is -1.17. The van der Waals surface area contributed by atoms with Gasteiger partial charge in [0.15, 0.2) is 0 Å². The van der Waals surface area contributed by atoms with Crippen LogP contribution in [0.5, 0.6) is 0 Å². The zero-order valence-electron chi connectivity index (χ0n) is 10.3. The highest BCUT2D eigenvalue weighted by Crippen LogP contribution is 2.36. The molecule has 1 aliphatic heterocycles. The van der Waals surface area contributed by atoms with E-state index in [2.05, 4.69) is 10.2 Å². The average Bonchev–Trinajstić information content (AvgIpc) is 2.84. The molecule has 0 spiro atoms. The lowest BCUT2D eigenvalue weighted by Gasteiger charge is -2.43. The fourth-order valence-corrected chi connectivity index (χ4v) is 3.89. The highest BCUT2D eigenvalue weighted by molar-refractivity contribution is 7.16. The van der Waals surface area contributed by atoms with Crippen LogP contribution in [0.3, 0.4) is 0 Å². The van der Waals surface area contributed by atoms with Crippen molar-refractivity contribution in [1.82, 2.24) is 15.1 Å². The maximum absolute atomic E-state index is 12.4. The van der Waals surface area contributed by atoms with E-state index in [9.17, 15) is 4.79 Å². The van der Waals surface area contributed by atoms with Gasteiger partial charge in [0.05, 0.1) is 0 Å². The second kappa shape index (κ2) is 4.84. The number of amides is 1. The van der Waals surface area contributed by atoms with E-state index in [4.69, 9.17) is 5.73 Å². The van der Waals surface area contributed by atoms with E-state index in [1.165, 1.54) is 37.0 Å². The van der Waals surface area contributed by atoms with Crippen LogP contribution < -0.4 is 5.73 Å². The summed E-state index contributed by atoms with van der Waals surface area (Å²) in [5.74, 6) is 0.725. The minimum Gasteiger partial charge on any atom is -0.374 e. The summed E-state index contributed by atoms with van der Waals surface area (Å²) >= 11 is 1.19. The van der Waals surface area contributed by atoms with Crippen molar-refractivity contribution in [2.75, 3.05) is 12.3 Å². The molecule has 98 valence electrons. The van der Waals surface area contributed by atoms with Gasteiger partial charge in [-0.05, 0) is 31.6 Å². The van der Waals surface area contributed by atoms with Gasteiger partial charge >= 0.3 is 0 Å². The number of likely N-dealkylation sites (tertiary alicyclic amines) is 1. The number of anilines is 1. The second-order valence-electron chi connectivity index (χ2n) is 5.20. The molecule has 1 aromatic rings. The summed E-state index contributed by atoms with van der Waals surface area (Å²) < 4.78 is 0. The van der Waals surface area contributed by atoms with E-state index >= 15 is 0 Å². The first kappa shape index (κ1) is 11.9. The summed E-state index contributed by atoms with van der Waals surface area (Å²) in [6.45, 7) is 0.861. The van der Waals surface area contributed by atoms with Gasteiger partial charge in [0.25, 0.3) is 5.91 Å². The summed E-state index contributed by atoms with van der Waals surface area (Å²) in [5.41, 5.74) is 5.55. The summed E-state index contributed by atoms with van der Waals surface area (Å²) in [6.07, 6.45) is 7.35. The third-order valence-corrected chi connectivity index (χ3v) is 4.87. The molecule has 6 heteroatoms. The first-order valence-corrected chi connectivity index (χ1v) is 7.47. The van der Waals surface area contributed by atoms with E-state index in [-0.39, 0.29) is 5.91 Å². The SMILES string of the molecule is Nc1nnc(C(=O)N2CCCC3CCCCC32)s1. The van der Waals surface area contributed by atoms with Gasteiger partial charge in [-0.15, -0.1) is 10.2 Å². The minimum absolute atomic E-state index is 0.0285. The molecule has 1 saturated heterocycles. The second-order valence-corrected chi connectivity index (χ2v) is 6.21. The van der Waals surface area contributed by atoms with Crippen molar-refractivity contribution in [1.29, 1.82) is 0 Å². The molecule has 1 aromatic heterocycles. The molecule has 1 amide bonds. The fourth-order valence-electron chi connectivity index (χ4n) is 3.32. The van der Waals surface area contributed by atoms with Crippen molar-refractivity contribution in [3.63, 3.8) is 0 Å². The van der Waals surface area contributed by atoms with Gasteiger partial charge in [0.1, 0.15) is 0 Å². The Morgan fingerprint density at radius 2 is 2.00 bits per heavy atom. The van der Waals surface area contributed by atoms with Gasteiger partial charge in [-0.2, -0.15) is 0 Å². The zero-order valence-corrected chi connectivity index (χ0v) is 11.2. The van der Waals surface area contributed by atoms with Crippen LogP contribution in [0.4, 0.5) is 5.13 Å². The Morgan fingerprint density at radius 1 is 1.22 bits per heavy atom. The molecule has 2 atom stereocenters. The largest absolute Gasteiger partial charge is 0.374 e. The Morgan fingerprint density at radius 3 is 2.78 bits per heavy atom. The molecular formula is C12H18N4OS. The van der Waals surface area contributed by atoms with Gasteiger partial charge in [0, 0.05) is 12.6 Å². The molecule has 5 nitrogen and oxygen atoms in total. The van der Waals surface area contributed by atoms with Gasteiger partial charge < -0.3 is 10.6 Å². The molecule has 2 fully saturated rings. The van der Waals surface area contributed by atoms with Crippen LogP contribution in [0, 0.1) is 5.92 Å². The number of hydrogen-bond acceptors (Lipinski definition) is 5. The minimum atomic E-state index is 0.0285. The zero-order chi connectivity index (χ0) is 12.5. The fraction of sp³-hybridized carbons (Fsp3) is 0.750. The Balaban J connectivity index is 1.79. The van der Waals surface area contributed by atoms with Gasteiger partial charge in [0.2, 0.25) is 10.1 Å². The number of aromatic nitrogens is 2. The number of nitrogens with two attached hydrogens (primary N) is 1. The third kappa shape index (κ3) is 2.09. The lowest BCUT2D eigenvalue weighted by atomic mass is 9.78. The molecule has 0 aromatic carbocycles. The number of piperidine rings is 1. The number of carbonyl (C=O) groups is 1. The maximum Gasteiger partial charge on any atom is 0.285 e. The molecule has 0 bridgehead atoms. The monoisotopic (exact) mass is 266 g/mol. The number of hydrogen-bond donors (Lipinski definition) is 1. The quantitative estimate of drug-likeness (QED) is 0.843. The van der Waals surface area contributed by atoms with Crippen LogP contribution in [0.1, 0.15) is 48.3 Å². The van der Waals surface area contributed by atoms with Crippen LogP contribution in [0.25, 0.3) is 0 Å². The van der Waals surface area contributed by atoms with E-state index in [0.29, 0.717) is 22.1 Å². The summed E-state index contributed by atoms with van der Waals surface area (Å²) in [6, 6.07) is 0.421. The highest BCUT2D eigenvalue weighted by atomic mass is 32.1. The smallest absolute Gasteiger partial charge is 0.285 e. The van der Waals surface area contributed by atoms with Crippen molar-refractivity contribution in [3.8, 4) is 0 Å². The van der Waals surface area contributed by atoms with E-state index in [0.717, 1.165) is 19.4 Å². The topological polar surface area (TPSA) is 72.1 Å². The molecule has 1 aliphatic carbocycles. The van der Waals surface area contributed by atoms with E-state index < -0.39 is 0 Å². The van der Waals surface area contributed by atoms with Gasteiger partial charge in [-0.1, -0.05) is 24.2 Å². The molecule has 2 N–H and O–H groups in total. The van der Waals surface area contributed by atoms with Crippen LogP contribution in [0.15, 0.2) is 0 Å². The molecule has 0 radical (unpaired) electrons. The van der Waals surface area contributed by atoms with Gasteiger partial charge in [-0.3, -0.25) is 4.79 Å². The van der Waals surface area contributed by atoms with Crippen LogP contribution in [-0.2, 0) is 0 Å². The summed E-state index contributed by atoms with van der Waals surface area (Å²) in [5, 5.41) is 8.43. The van der Waals surface area contributed by atoms with Crippen LogP contribution in [-0.4, -0.2) is 33.6 Å². The lowest BCUT2D eigenvalue weighted by Crippen LogP contribution is -2.49. The number of rotatable bonds is 1. The third-order valence-electron chi connectivity index (χ3n) is 4.13. The van der Waals surface area contributed by atoms with Crippen LogP contribution >= 0.6 is 11.3 Å². The van der Waals surface area contributed by atoms with Crippen molar-refractivity contribution in [3.05, 3.63) is 5.01 Å². The normalized spacial score (nSPS) is 27.9. The Bertz CT molecular complexity index is 445. The maximum atomic E-state index is 12.4. The molecule has 18 heavy (non-hydrogen) atoms. The first-order chi connectivity index (χ1) is 8.75. The van der Waals surface area contributed by atoms with Gasteiger partial charge in [-0.25, -0.2) is 0 Å².